The smallest absolute Gasteiger partial charge is 0.179 e. The number of allylic oxidation sites excluding steroid dienone is 1. The Morgan fingerprint density at radius 1 is 1.17 bits per heavy atom. The molecule has 0 bridgehead atoms. The number of fused-ring (bicyclic) bond motifs is 1. The van der Waals surface area contributed by atoms with Crippen LogP contribution in [0.25, 0.3) is 16.9 Å². The number of ether oxygens (including phenoxy) is 1. The third-order valence-electron chi connectivity index (χ3n) is 4.85. The summed E-state index contributed by atoms with van der Waals surface area (Å²) < 4.78 is 7.41. The van der Waals surface area contributed by atoms with Gasteiger partial charge in [-0.15, -0.1) is 5.11 Å². The number of morpholine rings is 1. The fraction of sp³-hybridized carbons (Fsp3) is 0.364. The Kier molecular flexibility index (Phi) is 5.95. The number of rotatable bonds is 6. The number of nitrogens with zero attached hydrogens (tertiary/aromatic N) is 6. The van der Waals surface area contributed by atoms with Crippen molar-refractivity contribution in [1.29, 1.82) is 0 Å². The van der Waals surface area contributed by atoms with Crippen LogP contribution in [0.5, 0.6) is 0 Å². The minimum Gasteiger partial charge on any atom is -0.378 e. The summed E-state index contributed by atoms with van der Waals surface area (Å²) in [6, 6.07) is 14.1. The summed E-state index contributed by atoms with van der Waals surface area (Å²) in [6.07, 6.45) is 3.17. The molecule has 4 rings (SSSR count). The van der Waals surface area contributed by atoms with Crippen molar-refractivity contribution >= 4 is 17.3 Å². The molecule has 0 atom stereocenters. The number of aromatic nitrogens is 3. The van der Waals surface area contributed by atoms with Crippen molar-refractivity contribution in [3.05, 3.63) is 54.1 Å². The molecule has 29 heavy (non-hydrogen) atoms. The molecule has 0 unspecified atom stereocenters. The Bertz CT molecular complexity index is 1020. The lowest BCUT2D eigenvalue weighted by Crippen LogP contribution is -2.37. The van der Waals surface area contributed by atoms with Crippen LogP contribution in [-0.2, 0) is 4.74 Å². The second-order valence-electron chi connectivity index (χ2n) is 7.10. The summed E-state index contributed by atoms with van der Waals surface area (Å²) in [6.45, 7) is 7.81. The first-order chi connectivity index (χ1) is 14.2. The van der Waals surface area contributed by atoms with E-state index < -0.39 is 0 Å². The first-order valence-electron chi connectivity index (χ1n) is 10.1. The first-order valence-corrected chi connectivity index (χ1v) is 10.1. The lowest BCUT2D eigenvalue weighted by molar-refractivity contribution is 0.122. The summed E-state index contributed by atoms with van der Waals surface area (Å²) in [5.41, 5.74) is 3.93. The average molecular weight is 390 g/mol. The molecule has 1 aromatic carbocycles. The van der Waals surface area contributed by atoms with Gasteiger partial charge in [0.2, 0.25) is 0 Å². The quantitative estimate of drug-likeness (QED) is 0.453. The Balaban J connectivity index is 1.73. The second-order valence-corrected chi connectivity index (χ2v) is 7.10. The van der Waals surface area contributed by atoms with Gasteiger partial charge in [-0.2, -0.15) is 14.7 Å². The third-order valence-corrected chi connectivity index (χ3v) is 4.85. The Morgan fingerprint density at radius 2 is 1.97 bits per heavy atom. The normalized spacial score (nSPS) is 15.5. The number of hydrogen-bond donors (Lipinski definition) is 0. The van der Waals surface area contributed by atoms with E-state index in [9.17, 15) is 0 Å². The molecule has 1 aliphatic rings. The highest BCUT2D eigenvalue weighted by molar-refractivity contribution is 5.67. The Hall–Kier alpha value is -3.06. The summed E-state index contributed by atoms with van der Waals surface area (Å²) in [7, 11) is 0. The van der Waals surface area contributed by atoms with Gasteiger partial charge in [0.1, 0.15) is 5.82 Å². The number of benzene rings is 1. The minimum absolute atomic E-state index is 0.585. The zero-order valence-electron chi connectivity index (χ0n) is 17.0. The standard InChI is InChI=1S/C22H26N6O/c1-3-7-17(2)16-23-25-20-15-22(27-10-12-29-13-11-27)28-21(24-20)14-19(26-28)18-8-5-4-6-9-18/h4-9,14-15H,3,10-13,16H2,1-2H3. The topological polar surface area (TPSA) is 67.4 Å². The molecule has 0 aliphatic carbocycles. The molecule has 3 aromatic rings. The van der Waals surface area contributed by atoms with Gasteiger partial charge in [0, 0.05) is 30.8 Å². The number of hydrogen-bond acceptors (Lipinski definition) is 6. The van der Waals surface area contributed by atoms with Gasteiger partial charge in [-0.3, -0.25) is 0 Å². The summed E-state index contributed by atoms with van der Waals surface area (Å²) in [5.74, 6) is 1.57. The molecule has 0 radical (unpaired) electrons. The maximum Gasteiger partial charge on any atom is 0.179 e. The molecule has 3 heterocycles. The summed E-state index contributed by atoms with van der Waals surface area (Å²) in [5, 5.41) is 13.6. The van der Waals surface area contributed by atoms with Gasteiger partial charge in [0.05, 0.1) is 25.5 Å². The van der Waals surface area contributed by atoms with Gasteiger partial charge in [-0.25, -0.2) is 4.98 Å². The summed E-state index contributed by atoms with van der Waals surface area (Å²) in [4.78, 5) is 6.95. The zero-order chi connectivity index (χ0) is 20.1. The monoisotopic (exact) mass is 390 g/mol. The van der Waals surface area contributed by atoms with Gasteiger partial charge in [-0.1, -0.05) is 48.9 Å². The maximum atomic E-state index is 5.52. The first kappa shape index (κ1) is 19.3. The number of azo groups is 1. The van der Waals surface area contributed by atoms with E-state index in [2.05, 4.69) is 52.2 Å². The molecule has 0 spiro atoms. The fourth-order valence-corrected chi connectivity index (χ4v) is 3.40. The predicted octanol–water partition coefficient (Wildman–Crippen LogP) is 4.67. The van der Waals surface area contributed by atoms with E-state index in [0.29, 0.717) is 25.6 Å². The van der Waals surface area contributed by atoms with Crippen molar-refractivity contribution in [2.75, 3.05) is 37.7 Å². The molecule has 0 N–H and O–H groups in total. The van der Waals surface area contributed by atoms with E-state index in [4.69, 9.17) is 9.84 Å². The van der Waals surface area contributed by atoms with Crippen molar-refractivity contribution in [1.82, 2.24) is 14.6 Å². The van der Waals surface area contributed by atoms with Crippen LogP contribution in [0.1, 0.15) is 20.3 Å². The van der Waals surface area contributed by atoms with E-state index in [1.807, 2.05) is 34.8 Å². The third kappa shape index (κ3) is 4.51. The molecule has 7 heteroatoms. The van der Waals surface area contributed by atoms with Crippen LogP contribution >= 0.6 is 0 Å². The van der Waals surface area contributed by atoms with E-state index in [1.165, 1.54) is 5.57 Å². The van der Waals surface area contributed by atoms with Crippen LogP contribution < -0.4 is 4.90 Å². The molecule has 0 amide bonds. The van der Waals surface area contributed by atoms with Crippen LogP contribution in [0.2, 0.25) is 0 Å². The van der Waals surface area contributed by atoms with Crippen LogP contribution in [0, 0.1) is 0 Å². The highest BCUT2D eigenvalue weighted by Crippen LogP contribution is 2.26. The molecule has 7 nitrogen and oxygen atoms in total. The lowest BCUT2D eigenvalue weighted by atomic mass is 10.2. The van der Waals surface area contributed by atoms with E-state index in [-0.39, 0.29) is 0 Å². The van der Waals surface area contributed by atoms with Gasteiger partial charge < -0.3 is 9.64 Å². The SMILES string of the molecule is CCC=C(C)CN=Nc1cc(N2CCOCC2)n2nc(-c3ccccc3)cc2n1. The molecular weight excluding hydrogens is 364 g/mol. The van der Waals surface area contributed by atoms with Gasteiger partial charge >= 0.3 is 0 Å². The average Bonchev–Trinajstić information content (AvgIpc) is 3.19. The Labute approximate surface area is 170 Å². The summed E-state index contributed by atoms with van der Waals surface area (Å²) >= 11 is 0. The van der Waals surface area contributed by atoms with E-state index in [0.717, 1.165) is 42.2 Å². The van der Waals surface area contributed by atoms with Crippen LogP contribution in [0.3, 0.4) is 0 Å². The highest BCUT2D eigenvalue weighted by Gasteiger charge is 2.18. The molecule has 0 saturated carbocycles. The lowest BCUT2D eigenvalue weighted by Gasteiger charge is -2.28. The zero-order valence-corrected chi connectivity index (χ0v) is 17.0. The van der Waals surface area contributed by atoms with Crippen LogP contribution in [0.4, 0.5) is 11.6 Å². The molecule has 1 saturated heterocycles. The molecule has 1 aliphatic heterocycles. The van der Waals surface area contributed by atoms with E-state index >= 15 is 0 Å². The maximum absolute atomic E-state index is 5.52. The molecular formula is C22H26N6O. The predicted molar refractivity (Wildman–Crippen MR) is 115 cm³/mol. The van der Waals surface area contributed by atoms with Gasteiger partial charge in [0.25, 0.3) is 0 Å². The van der Waals surface area contributed by atoms with Crippen LogP contribution in [0.15, 0.2) is 64.3 Å². The highest BCUT2D eigenvalue weighted by atomic mass is 16.5. The van der Waals surface area contributed by atoms with Crippen molar-refractivity contribution < 1.29 is 4.74 Å². The van der Waals surface area contributed by atoms with E-state index in [1.54, 1.807) is 0 Å². The molecule has 1 fully saturated rings. The molecule has 2 aromatic heterocycles. The number of anilines is 1. The van der Waals surface area contributed by atoms with Gasteiger partial charge in [-0.05, 0) is 13.3 Å². The largest absolute Gasteiger partial charge is 0.378 e. The second kappa shape index (κ2) is 8.96. The van der Waals surface area contributed by atoms with Crippen molar-refractivity contribution in [2.45, 2.75) is 20.3 Å². The minimum atomic E-state index is 0.585. The van der Waals surface area contributed by atoms with Crippen molar-refractivity contribution in [3.8, 4) is 11.3 Å². The van der Waals surface area contributed by atoms with Crippen molar-refractivity contribution in [3.63, 3.8) is 0 Å². The Morgan fingerprint density at radius 3 is 2.72 bits per heavy atom. The van der Waals surface area contributed by atoms with Crippen molar-refractivity contribution in [2.24, 2.45) is 10.2 Å². The van der Waals surface area contributed by atoms with Gasteiger partial charge in [0.15, 0.2) is 11.5 Å². The fourth-order valence-electron chi connectivity index (χ4n) is 3.40. The molecule has 150 valence electrons. The van der Waals surface area contributed by atoms with Crippen LogP contribution in [-0.4, -0.2) is 47.4 Å².